The van der Waals surface area contributed by atoms with Gasteiger partial charge in [0.05, 0.1) is 24.5 Å². The van der Waals surface area contributed by atoms with Crippen molar-refractivity contribution in [3.63, 3.8) is 0 Å². The summed E-state index contributed by atoms with van der Waals surface area (Å²) in [7, 11) is 0. The second kappa shape index (κ2) is 8.82. The number of halogens is 1. The van der Waals surface area contributed by atoms with Crippen molar-refractivity contribution in [2.75, 3.05) is 55.3 Å². The van der Waals surface area contributed by atoms with Crippen LogP contribution in [0.3, 0.4) is 0 Å². The van der Waals surface area contributed by atoms with Gasteiger partial charge in [0.25, 0.3) is 0 Å². The van der Waals surface area contributed by atoms with E-state index < -0.39 is 18.0 Å². The summed E-state index contributed by atoms with van der Waals surface area (Å²) in [5, 5.41) is 12.0. The van der Waals surface area contributed by atoms with Gasteiger partial charge in [0.2, 0.25) is 0 Å². The lowest BCUT2D eigenvalue weighted by molar-refractivity contribution is 0.141. The summed E-state index contributed by atoms with van der Waals surface area (Å²) in [6.45, 7) is 2.17. The topological polar surface area (TPSA) is 85.4 Å². The zero-order valence-electron chi connectivity index (χ0n) is 15.3. The van der Waals surface area contributed by atoms with Gasteiger partial charge in [-0.15, -0.1) is 11.8 Å². The van der Waals surface area contributed by atoms with E-state index in [4.69, 9.17) is 22.1 Å². The molecule has 2 N–H and O–H groups in total. The fourth-order valence-corrected chi connectivity index (χ4v) is 3.48. The molecule has 3 rings (SSSR count). The van der Waals surface area contributed by atoms with Gasteiger partial charge < -0.3 is 25.0 Å². The highest BCUT2D eigenvalue weighted by Crippen LogP contribution is 2.28. The number of thioether (sulfide) groups is 1. The molecule has 0 radical (unpaired) electrons. The Morgan fingerprint density at radius 1 is 1.39 bits per heavy atom. The Hall–Kier alpha value is -2.27. The molecular weight excluding hydrogens is 407 g/mol. The van der Waals surface area contributed by atoms with E-state index in [2.05, 4.69) is 5.32 Å². The number of thiocarbonyl (C=S) groups is 1. The number of rotatable bonds is 4. The molecular formula is C17H21FN4O4S2. The Kier molecular flexibility index (Phi) is 6.45. The standard InChI is InChI=1S/C17H21FN4O4S2/c1-28-15(27)19-9-12-10-22(17(25)26-12)11-2-3-14(13(18)8-11)20-4-6-21(7-5-20)16(23)24/h2-3,8,12H,4-7,9-10H2,1H3,(H,19,27)(H,23,24)/t12-/m0/s1. The van der Waals surface area contributed by atoms with Gasteiger partial charge in [0, 0.05) is 26.2 Å². The highest BCUT2D eigenvalue weighted by Gasteiger charge is 2.33. The maximum Gasteiger partial charge on any atom is 0.414 e. The molecule has 8 nitrogen and oxygen atoms in total. The number of nitrogens with one attached hydrogen (secondary N) is 1. The Labute approximate surface area is 171 Å². The fraction of sp³-hybridized carbons (Fsp3) is 0.471. The summed E-state index contributed by atoms with van der Waals surface area (Å²) < 4.78 is 20.6. The third-order valence-corrected chi connectivity index (χ3v) is 5.83. The minimum absolute atomic E-state index is 0.304. The molecule has 2 amide bonds. The Morgan fingerprint density at radius 2 is 2.11 bits per heavy atom. The van der Waals surface area contributed by atoms with Crippen LogP contribution in [0.1, 0.15) is 0 Å². The minimum atomic E-state index is -0.967. The van der Waals surface area contributed by atoms with Gasteiger partial charge in [-0.25, -0.2) is 14.0 Å². The lowest BCUT2D eigenvalue weighted by atomic mass is 10.2. The second-order valence-corrected chi connectivity index (χ2v) is 7.86. The average molecular weight is 429 g/mol. The molecule has 152 valence electrons. The molecule has 2 heterocycles. The first-order valence-corrected chi connectivity index (χ1v) is 10.3. The first kappa shape index (κ1) is 20.5. The third-order valence-electron chi connectivity index (χ3n) is 4.67. The van der Waals surface area contributed by atoms with Gasteiger partial charge in [-0.05, 0) is 24.5 Å². The normalized spacial score (nSPS) is 19.6. The number of carboxylic acid groups (broad SMARTS) is 1. The van der Waals surface area contributed by atoms with Gasteiger partial charge in [-0.3, -0.25) is 4.90 Å². The number of hydrogen-bond acceptors (Lipinski definition) is 6. The Bertz CT molecular complexity index is 774. The van der Waals surface area contributed by atoms with Crippen LogP contribution >= 0.6 is 24.0 Å². The molecule has 2 aliphatic heterocycles. The predicted molar refractivity (Wildman–Crippen MR) is 110 cm³/mol. The van der Waals surface area contributed by atoms with Crippen molar-refractivity contribution in [1.29, 1.82) is 0 Å². The van der Waals surface area contributed by atoms with Crippen LogP contribution in [0.4, 0.5) is 25.4 Å². The number of nitrogens with zero attached hydrogens (tertiary/aromatic N) is 3. The summed E-state index contributed by atoms with van der Waals surface area (Å²) in [5.41, 5.74) is 0.815. The van der Waals surface area contributed by atoms with Crippen LogP contribution in [-0.4, -0.2) is 78.1 Å². The van der Waals surface area contributed by atoms with Crippen molar-refractivity contribution < 1.29 is 23.8 Å². The lowest BCUT2D eigenvalue weighted by Gasteiger charge is -2.34. The SMILES string of the molecule is CSC(=S)NC[C@H]1CN(c2ccc(N3CCN(C(=O)O)CC3)c(F)c2)C(=O)O1. The van der Waals surface area contributed by atoms with Crippen molar-refractivity contribution >= 4 is 51.9 Å². The van der Waals surface area contributed by atoms with Crippen LogP contribution in [0, 0.1) is 5.82 Å². The van der Waals surface area contributed by atoms with Crippen LogP contribution in [-0.2, 0) is 4.74 Å². The molecule has 28 heavy (non-hydrogen) atoms. The van der Waals surface area contributed by atoms with E-state index >= 15 is 0 Å². The van der Waals surface area contributed by atoms with Gasteiger partial charge >= 0.3 is 12.2 Å². The third kappa shape index (κ3) is 4.58. The predicted octanol–water partition coefficient (Wildman–Crippen LogP) is 2.19. The monoisotopic (exact) mass is 428 g/mol. The van der Waals surface area contributed by atoms with Gasteiger partial charge in [0.1, 0.15) is 16.2 Å². The lowest BCUT2D eigenvalue weighted by Crippen LogP contribution is -2.48. The molecule has 1 aromatic carbocycles. The number of carbonyl (C=O) groups excluding carboxylic acids is 1. The maximum atomic E-state index is 14.7. The van der Waals surface area contributed by atoms with Gasteiger partial charge in [-0.2, -0.15) is 0 Å². The highest BCUT2D eigenvalue weighted by atomic mass is 32.2. The number of ether oxygens (including phenoxy) is 1. The van der Waals surface area contributed by atoms with Crippen LogP contribution in [0.15, 0.2) is 18.2 Å². The largest absolute Gasteiger partial charge is 0.465 e. The van der Waals surface area contributed by atoms with E-state index in [1.807, 2.05) is 6.26 Å². The minimum Gasteiger partial charge on any atom is -0.465 e. The average Bonchev–Trinajstić information content (AvgIpc) is 3.06. The summed E-state index contributed by atoms with van der Waals surface area (Å²) in [4.78, 5) is 27.6. The summed E-state index contributed by atoms with van der Waals surface area (Å²) in [6, 6.07) is 4.59. The van der Waals surface area contributed by atoms with Crippen molar-refractivity contribution in [1.82, 2.24) is 10.2 Å². The molecule has 0 bridgehead atoms. The van der Waals surface area contributed by atoms with Crippen LogP contribution in [0.25, 0.3) is 0 Å². The molecule has 0 unspecified atom stereocenters. The Morgan fingerprint density at radius 3 is 2.71 bits per heavy atom. The molecule has 0 aliphatic carbocycles. The van der Waals surface area contributed by atoms with E-state index in [1.54, 1.807) is 17.0 Å². The van der Waals surface area contributed by atoms with Gasteiger partial charge in [-0.1, -0.05) is 12.2 Å². The maximum absolute atomic E-state index is 14.7. The molecule has 0 aromatic heterocycles. The quantitative estimate of drug-likeness (QED) is 0.706. The summed E-state index contributed by atoms with van der Waals surface area (Å²) >= 11 is 6.47. The van der Waals surface area contributed by atoms with Crippen molar-refractivity contribution in [3.05, 3.63) is 24.0 Å². The summed E-state index contributed by atoms with van der Waals surface area (Å²) in [5.74, 6) is -0.459. The Balaban J connectivity index is 1.63. The van der Waals surface area contributed by atoms with E-state index in [-0.39, 0.29) is 6.10 Å². The van der Waals surface area contributed by atoms with Crippen molar-refractivity contribution in [2.24, 2.45) is 0 Å². The number of benzene rings is 1. The molecule has 11 heteroatoms. The molecule has 0 saturated carbocycles. The second-order valence-electron chi connectivity index (χ2n) is 6.38. The molecule has 0 spiro atoms. The van der Waals surface area contributed by atoms with Crippen molar-refractivity contribution in [3.8, 4) is 0 Å². The summed E-state index contributed by atoms with van der Waals surface area (Å²) in [6.07, 6.45) is -0.00683. The number of cyclic esters (lactones) is 1. The molecule has 1 atom stereocenters. The zero-order valence-corrected chi connectivity index (χ0v) is 16.9. The zero-order chi connectivity index (χ0) is 20.3. The van der Waals surface area contributed by atoms with E-state index in [0.29, 0.717) is 55.0 Å². The van der Waals surface area contributed by atoms with Crippen molar-refractivity contribution in [2.45, 2.75) is 6.10 Å². The fourth-order valence-electron chi connectivity index (χ4n) is 3.17. The molecule has 1 aromatic rings. The number of amides is 2. The smallest absolute Gasteiger partial charge is 0.414 e. The van der Waals surface area contributed by atoms with Crippen LogP contribution in [0.2, 0.25) is 0 Å². The number of carbonyl (C=O) groups is 2. The molecule has 2 fully saturated rings. The number of piperazine rings is 1. The van der Waals surface area contributed by atoms with Gasteiger partial charge in [0.15, 0.2) is 0 Å². The van der Waals surface area contributed by atoms with Crippen LogP contribution < -0.4 is 15.1 Å². The van der Waals surface area contributed by atoms with E-state index in [0.717, 1.165) is 0 Å². The number of anilines is 2. The first-order chi connectivity index (χ1) is 13.4. The van der Waals surface area contributed by atoms with E-state index in [1.165, 1.54) is 27.6 Å². The first-order valence-electron chi connectivity index (χ1n) is 8.71. The van der Waals surface area contributed by atoms with E-state index in [9.17, 15) is 14.0 Å². The molecule has 2 aliphatic rings. The van der Waals surface area contributed by atoms with Crippen LogP contribution in [0.5, 0.6) is 0 Å². The molecule has 2 saturated heterocycles. The number of hydrogen-bond donors (Lipinski definition) is 2. The highest BCUT2D eigenvalue weighted by molar-refractivity contribution is 8.22.